The van der Waals surface area contributed by atoms with E-state index in [1.807, 2.05) is 0 Å². The van der Waals surface area contributed by atoms with Crippen LogP contribution in [0.4, 0.5) is 11.9 Å². The van der Waals surface area contributed by atoms with Gasteiger partial charge in [0.15, 0.2) is 0 Å². The third-order valence-corrected chi connectivity index (χ3v) is 9.75. The van der Waals surface area contributed by atoms with Crippen LogP contribution in [0.3, 0.4) is 0 Å². The maximum atomic E-state index is 13.2. The Balaban J connectivity index is 1.24. The Morgan fingerprint density at radius 1 is 0.983 bits per heavy atom. The van der Waals surface area contributed by atoms with Gasteiger partial charge in [0.2, 0.25) is 47.2 Å². The quantitative estimate of drug-likeness (QED) is 0.0387. The number of benzene rings is 2. The van der Waals surface area contributed by atoms with E-state index < -0.39 is 28.9 Å². The summed E-state index contributed by atoms with van der Waals surface area (Å²) < 4.78 is 20.2. The van der Waals surface area contributed by atoms with Crippen molar-refractivity contribution in [2.75, 3.05) is 44.9 Å². The Labute approximate surface area is 335 Å². The number of hydrogen-bond donors (Lipinski definition) is 5. The SMILES string of the molecule is COc1cc(C(N)=O)cc2nc(N)n(C/C=C/Cn3c(NC(=O)c4cc(C)no4)nc4cc(C(N)=O)cc(OCCCN(C)C(=O)CCN5C(=O)CC(S)C5=O)c43)c12. The molecule has 4 heterocycles. The molecule has 0 radical (unpaired) electrons. The molecule has 5 aromatic rings. The van der Waals surface area contributed by atoms with Gasteiger partial charge in [-0.2, -0.15) is 12.6 Å². The first kappa shape index (κ1) is 40.8. The summed E-state index contributed by atoms with van der Waals surface area (Å²) in [5.74, 6) is -2.29. The van der Waals surface area contributed by atoms with Crippen LogP contribution in [0.2, 0.25) is 0 Å². The molecule has 20 nitrogen and oxygen atoms in total. The zero-order chi connectivity index (χ0) is 41.8. The lowest BCUT2D eigenvalue weighted by atomic mass is 10.1. The van der Waals surface area contributed by atoms with Crippen LogP contribution < -0.4 is 32.0 Å². The van der Waals surface area contributed by atoms with Crippen LogP contribution in [0.5, 0.6) is 11.5 Å². The number of nitrogens with zero attached hydrogens (tertiary/aromatic N) is 7. The summed E-state index contributed by atoms with van der Waals surface area (Å²) in [5, 5.41) is 5.83. The van der Waals surface area contributed by atoms with E-state index in [4.69, 9.17) is 31.2 Å². The van der Waals surface area contributed by atoms with Crippen molar-refractivity contribution in [3.63, 3.8) is 0 Å². The number of carbonyl (C=O) groups is 6. The number of hydrogen-bond acceptors (Lipinski definition) is 14. The fourth-order valence-electron chi connectivity index (χ4n) is 6.39. The second-order valence-corrected chi connectivity index (χ2v) is 14.0. The Morgan fingerprint density at radius 2 is 1.62 bits per heavy atom. The number of likely N-dealkylation sites (tertiary alicyclic amines) is 1. The van der Waals surface area contributed by atoms with Gasteiger partial charge in [0, 0.05) is 63.3 Å². The van der Waals surface area contributed by atoms with E-state index in [1.165, 1.54) is 42.3 Å². The van der Waals surface area contributed by atoms with Gasteiger partial charge in [-0.25, -0.2) is 9.97 Å². The highest BCUT2D eigenvalue weighted by Gasteiger charge is 2.36. The van der Waals surface area contributed by atoms with Crippen molar-refractivity contribution in [2.24, 2.45) is 11.5 Å². The normalized spacial score (nSPS) is 14.2. The van der Waals surface area contributed by atoms with Gasteiger partial charge in [0.25, 0.3) is 5.91 Å². The third kappa shape index (κ3) is 8.57. The molecule has 1 fully saturated rings. The number of thiol groups is 1. The number of nitrogens with one attached hydrogen (secondary N) is 1. The highest BCUT2D eigenvalue weighted by molar-refractivity contribution is 7.81. The standard InChI is InChI=1S/C37H41N11O9S/c1-19-13-26(57-44-19)34(53)43-37-42-23-15-21(33(39)52)17-25(56-12-6-8-45(2)28(49)7-11-46-29(50)18-27(58)35(46)54)31(23)48(37)10-5-4-9-47-30-22(41-36(47)40)14-20(32(38)51)16-24(30)55-3/h4-5,13-17,27,58H,6-12,18H2,1-3H3,(H2,38,51)(H2,39,52)(H2,40,41)(H,42,43,53)/b5-4+. The van der Waals surface area contributed by atoms with Crippen molar-refractivity contribution >= 4 is 82.0 Å². The number of amides is 6. The molecule has 1 aliphatic heterocycles. The molecule has 1 atom stereocenters. The number of imidazole rings is 2. The molecule has 58 heavy (non-hydrogen) atoms. The lowest BCUT2D eigenvalue weighted by Crippen LogP contribution is -2.36. The molecular formula is C37H41N11O9S. The van der Waals surface area contributed by atoms with E-state index in [0.29, 0.717) is 34.4 Å². The van der Waals surface area contributed by atoms with Gasteiger partial charge in [0.05, 0.1) is 35.7 Å². The molecule has 304 valence electrons. The first-order valence-electron chi connectivity index (χ1n) is 17.9. The zero-order valence-corrected chi connectivity index (χ0v) is 32.7. The Kier molecular flexibility index (Phi) is 12.0. The van der Waals surface area contributed by atoms with Crippen LogP contribution in [0.1, 0.15) is 56.2 Å². The van der Waals surface area contributed by atoms with E-state index in [-0.39, 0.29) is 97.5 Å². The van der Waals surface area contributed by atoms with Gasteiger partial charge in [-0.3, -0.25) is 39.0 Å². The summed E-state index contributed by atoms with van der Waals surface area (Å²) >= 11 is 4.11. The van der Waals surface area contributed by atoms with Gasteiger partial charge in [0.1, 0.15) is 22.5 Å². The Hall–Kier alpha value is -6.90. The summed E-state index contributed by atoms with van der Waals surface area (Å²) in [6.07, 6.45) is 3.91. The predicted octanol–water partition coefficient (Wildman–Crippen LogP) is 1.65. The minimum atomic E-state index is -0.739. The van der Waals surface area contributed by atoms with Gasteiger partial charge < -0.3 is 45.2 Å². The number of primary amides is 2. The van der Waals surface area contributed by atoms with Gasteiger partial charge >= 0.3 is 0 Å². The molecule has 3 aromatic heterocycles. The summed E-state index contributed by atoms with van der Waals surface area (Å²) in [7, 11) is 3.05. The maximum Gasteiger partial charge on any atom is 0.296 e. The van der Waals surface area contributed by atoms with Crippen molar-refractivity contribution in [1.29, 1.82) is 0 Å². The number of methoxy groups -OCH3 is 1. The smallest absolute Gasteiger partial charge is 0.296 e. The summed E-state index contributed by atoms with van der Waals surface area (Å²) in [6.45, 7) is 2.35. The lowest BCUT2D eigenvalue weighted by molar-refractivity contribution is -0.139. The second-order valence-electron chi connectivity index (χ2n) is 13.4. The van der Waals surface area contributed by atoms with Crippen molar-refractivity contribution in [3.8, 4) is 11.5 Å². The highest BCUT2D eigenvalue weighted by Crippen LogP contribution is 2.32. The fourth-order valence-corrected chi connectivity index (χ4v) is 6.68. The minimum absolute atomic E-state index is 0.00684. The lowest BCUT2D eigenvalue weighted by Gasteiger charge is -2.20. The third-order valence-electron chi connectivity index (χ3n) is 9.34. The van der Waals surface area contributed by atoms with Crippen LogP contribution in [0.25, 0.3) is 22.1 Å². The first-order valence-corrected chi connectivity index (χ1v) is 18.4. The average Bonchev–Trinajstić information content (AvgIpc) is 3.92. The molecule has 0 spiro atoms. The minimum Gasteiger partial charge on any atom is -0.494 e. The molecule has 6 rings (SSSR count). The van der Waals surface area contributed by atoms with Crippen LogP contribution in [-0.4, -0.2) is 109 Å². The fraction of sp³-hybridized carbons (Fsp3) is 0.324. The maximum absolute atomic E-state index is 13.2. The monoisotopic (exact) mass is 815 g/mol. The first-order chi connectivity index (χ1) is 27.7. The molecule has 1 unspecified atom stereocenters. The summed E-state index contributed by atoms with van der Waals surface area (Å²) in [5.41, 5.74) is 19.9. The van der Waals surface area contributed by atoms with Crippen LogP contribution in [0.15, 0.2) is 47.0 Å². The van der Waals surface area contributed by atoms with Crippen molar-refractivity contribution in [3.05, 3.63) is 65.1 Å². The van der Waals surface area contributed by atoms with E-state index in [2.05, 4.69) is 33.1 Å². The van der Waals surface area contributed by atoms with Crippen molar-refractivity contribution in [1.82, 2.24) is 34.1 Å². The van der Waals surface area contributed by atoms with E-state index in [0.717, 1.165) is 4.90 Å². The summed E-state index contributed by atoms with van der Waals surface area (Å²) in [6, 6.07) is 7.44. The largest absolute Gasteiger partial charge is 0.494 e. The molecule has 1 saturated heterocycles. The number of carbonyl (C=O) groups excluding carboxylic acids is 6. The number of rotatable bonds is 17. The number of anilines is 2. The van der Waals surface area contributed by atoms with E-state index in [1.54, 1.807) is 35.3 Å². The predicted molar refractivity (Wildman–Crippen MR) is 212 cm³/mol. The molecule has 0 saturated carbocycles. The molecule has 2 aromatic carbocycles. The highest BCUT2D eigenvalue weighted by atomic mass is 32.1. The number of ether oxygens (including phenoxy) is 2. The number of fused-ring (bicyclic) bond motifs is 2. The van der Waals surface area contributed by atoms with Gasteiger partial charge in [-0.05, 0) is 37.6 Å². The van der Waals surface area contributed by atoms with Crippen molar-refractivity contribution in [2.45, 2.75) is 44.5 Å². The molecule has 7 N–H and O–H groups in total. The molecule has 6 amide bonds. The summed E-state index contributed by atoms with van der Waals surface area (Å²) in [4.78, 5) is 86.1. The average molecular weight is 816 g/mol. The van der Waals surface area contributed by atoms with Crippen LogP contribution in [0, 0.1) is 6.92 Å². The van der Waals surface area contributed by atoms with E-state index in [9.17, 15) is 28.8 Å². The number of aryl methyl sites for hydroxylation is 1. The topological polar surface area (TPSA) is 279 Å². The Morgan fingerprint density at radius 3 is 2.22 bits per heavy atom. The zero-order valence-electron chi connectivity index (χ0n) is 31.8. The number of imide groups is 1. The van der Waals surface area contributed by atoms with Crippen molar-refractivity contribution < 1.29 is 42.8 Å². The van der Waals surface area contributed by atoms with Gasteiger partial charge in [-0.1, -0.05) is 17.3 Å². The van der Waals surface area contributed by atoms with Crippen LogP contribution >= 0.6 is 12.6 Å². The number of nitrogen functional groups attached to an aromatic ring is 1. The number of aromatic nitrogens is 5. The molecule has 0 bridgehead atoms. The Bertz CT molecular complexity index is 2490. The molecule has 1 aliphatic rings. The van der Waals surface area contributed by atoms with E-state index >= 15 is 0 Å². The second kappa shape index (κ2) is 17.1. The van der Waals surface area contributed by atoms with Gasteiger partial charge in [-0.15, -0.1) is 0 Å². The van der Waals surface area contributed by atoms with Crippen LogP contribution in [-0.2, 0) is 27.5 Å². The number of allylic oxidation sites excluding steroid dienone is 2. The number of nitrogens with two attached hydrogens (primary N) is 3. The molecule has 21 heteroatoms. The molecular weight excluding hydrogens is 775 g/mol. The molecule has 0 aliphatic carbocycles.